The zero-order valence-electron chi connectivity index (χ0n) is 11.6. The van der Waals surface area contributed by atoms with Gasteiger partial charge in [-0.3, -0.25) is 0 Å². The second kappa shape index (κ2) is 6.26. The van der Waals surface area contributed by atoms with Crippen LogP contribution in [-0.2, 0) is 9.47 Å². The Morgan fingerprint density at radius 2 is 1.30 bits per heavy atom. The van der Waals surface area contributed by atoms with E-state index in [0.717, 1.165) is 0 Å². The molecule has 3 aliphatic rings. The molecule has 0 aromatic carbocycles. The number of allylic oxidation sites excluding steroid dienone is 2. The van der Waals surface area contributed by atoms with Crippen LogP contribution in [-0.4, -0.2) is 44.3 Å². The zero-order chi connectivity index (χ0) is 17.4. The van der Waals surface area contributed by atoms with Crippen molar-refractivity contribution in [2.24, 2.45) is 11.8 Å². The molecule has 0 spiro atoms. The highest BCUT2D eigenvalue weighted by molar-refractivity contribution is 6.65. The third kappa shape index (κ3) is 2.37. The fraction of sp³-hybridized carbons (Fsp3) is 0.846. The summed E-state index contributed by atoms with van der Waals surface area (Å²) in [5.74, 6) is -0.766. The first kappa shape index (κ1) is 19.7. The number of halogens is 8. The molecule has 10 heteroatoms. The number of fused-ring (bicyclic) bond motifs is 5. The molecule has 1 saturated heterocycles. The predicted molar refractivity (Wildman–Crippen MR) is 98.0 cm³/mol. The molecule has 0 aromatic heterocycles. The summed E-state index contributed by atoms with van der Waals surface area (Å²) < 4.78 is 9.92. The maximum atomic E-state index is 6.74. The molecule has 132 valence electrons. The first-order valence-electron chi connectivity index (χ1n) is 6.84. The van der Waals surface area contributed by atoms with Gasteiger partial charge >= 0.3 is 0 Å². The van der Waals surface area contributed by atoms with Crippen LogP contribution < -0.4 is 0 Å². The molecule has 2 fully saturated rings. The second-order valence-corrected chi connectivity index (χ2v) is 10.5. The molecule has 2 aliphatic carbocycles. The lowest BCUT2D eigenvalue weighted by Gasteiger charge is -2.34. The molecule has 2 bridgehead atoms. The highest BCUT2D eigenvalue weighted by Crippen LogP contribution is 2.76. The van der Waals surface area contributed by atoms with Crippen LogP contribution in [0.15, 0.2) is 10.1 Å². The Morgan fingerprint density at radius 1 is 0.913 bits per heavy atom. The third-order valence-electron chi connectivity index (χ3n) is 4.83. The SMILES string of the molecule is CC(Cl)C(Cl)C1OCC2C(CO1)C1(Cl)C(Cl)=C(Cl)C2(Cl)C1(Cl)Cl. The van der Waals surface area contributed by atoms with Gasteiger partial charge in [-0.2, -0.15) is 0 Å². The quantitative estimate of drug-likeness (QED) is 0.471. The minimum absolute atomic E-state index is 0.150. The molecule has 1 saturated carbocycles. The summed E-state index contributed by atoms with van der Waals surface area (Å²) in [4.78, 5) is -2.71. The Bertz CT molecular complexity index is 514. The molecular formula is C13H12Cl8O2. The predicted octanol–water partition coefficient (Wildman–Crippen LogP) is 5.67. The minimum Gasteiger partial charge on any atom is -0.351 e. The Morgan fingerprint density at radius 3 is 1.65 bits per heavy atom. The monoisotopic (exact) mass is 480 g/mol. The lowest BCUT2D eigenvalue weighted by atomic mass is 9.83. The molecule has 0 amide bonds. The van der Waals surface area contributed by atoms with Crippen LogP contribution in [0.5, 0.6) is 0 Å². The number of hydrogen-bond acceptors (Lipinski definition) is 2. The van der Waals surface area contributed by atoms with Crippen LogP contribution in [0.1, 0.15) is 6.92 Å². The van der Waals surface area contributed by atoms with E-state index in [0.29, 0.717) is 0 Å². The van der Waals surface area contributed by atoms with Crippen LogP contribution in [0.25, 0.3) is 0 Å². The highest BCUT2D eigenvalue weighted by Gasteiger charge is 2.82. The molecule has 1 heterocycles. The van der Waals surface area contributed by atoms with Gasteiger partial charge in [0.1, 0.15) is 15.1 Å². The first-order chi connectivity index (χ1) is 10.5. The summed E-state index contributed by atoms with van der Waals surface area (Å²) in [6.45, 7) is 2.09. The average molecular weight is 484 g/mol. The molecule has 0 N–H and O–H groups in total. The van der Waals surface area contributed by atoms with E-state index in [1.807, 2.05) is 0 Å². The normalized spacial score (nSPS) is 48.1. The van der Waals surface area contributed by atoms with E-state index in [2.05, 4.69) is 0 Å². The fourth-order valence-corrected chi connectivity index (χ4v) is 6.83. The lowest BCUT2D eigenvalue weighted by molar-refractivity contribution is -0.132. The van der Waals surface area contributed by atoms with Gasteiger partial charge < -0.3 is 9.47 Å². The van der Waals surface area contributed by atoms with Crippen molar-refractivity contribution in [1.82, 2.24) is 0 Å². The number of rotatable bonds is 2. The largest absolute Gasteiger partial charge is 0.351 e. The maximum absolute atomic E-state index is 6.74. The molecular weight excluding hydrogens is 472 g/mol. The highest BCUT2D eigenvalue weighted by atomic mass is 35.5. The maximum Gasteiger partial charge on any atom is 0.175 e. The molecule has 6 atom stereocenters. The van der Waals surface area contributed by atoms with Gasteiger partial charge in [0.25, 0.3) is 0 Å². The lowest BCUT2D eigenvalue weighted by Crippen LogP contribution is -2.46. The van der Waals surface area contributed by atoms with Crippen molar-refractivity contribution in [2.45, 2.75) is 38.0 Å². The fourth-order valence-electron chi connectivity index (χ4n) is 3.51. The van der Waals surface area contributed by atoms with Gasteiger partial charge in [-0.05, 0) is 6.92 Å². The van der Waals surface area contributed by atoms with Gasteiger partial charge in [-0.25, -0.2) is 0 Å². The Kier molecular flexibility index (Phi) is 5.37. The average Bonchev–Trinajstić information content (AvgIpc) is 2.70. The molecule has 3 rings (SSSR count). The third-order valence-corrected chi connectivity index (χ3v) is 10.2. The zero-order valence-corrected chi connectivity index (χ0v) is 17.7. The standard InChI is InChI=1S/C13H12Cl8O2/c1-4(14)7(15)10-22-2-5-6(3-23-10)12(19)9(17)8(16)11(5,18)13(12,20)21/h4-7,10H,2-3H2,1H3. The summed E-state index contributed by atoms with van der Waals surface area (Å²) in [7, 11) is 0. The topological polar surface area (TPSA) is 18.5 Å². The van der Waals surface area contributed by atoms with Gasteiger partial charge in [0.05, 0.1) is 28.7 Å². The molecule has 0 radical (unpaired) electrons. The van der Waals surface area contributed by atoms with E-state index in [4.69, 9.17) is 102 Å². The Hall–Kier alpha value is 1.98. The van der Waals surface area contributed by atoms with Crippen LogP contribution in [0.3, 0.4) is 0 Å². The van der Waals surface area contributed by atoms with Crippen molar-refractivity contribution in [3.05, 3.63) is 10.1 Å². The van der Waals surface area contributed by atoms with Crippen LogP contribution in [0, 0.1) is 11.8 Å². The summed E-state index contributed by atoms with van der Waals surface area (Å²) in [5, 5.41) is -0.590. The van der Waals surface area contributed by atoms with Gasteiger partial charge in [-0.1, -0.05) is 46.4 Å². The number of hydrogen-bond donors (Lipinski definition) is 0. The van der Waals surface area contributed by atoms with Gasteiger partial charge in [0.2, 0.25) is 0 Å². The second-order valence-electron chi connectivity index (χ2n) is 6.00. The molecule has 0 aromatic rings. The number of ether oxygens (including phenoxy) is 2. The molecule has 1 aliphatic heterocycles. The van der Waals surface area contributed by atoms with Crippen LogP contribution in [0.2, 0.25) is 0 Å². The number of alkyl halides is 6. The summed E-state index contributed by atoms with van der Waals surface area (Å²) in [6, 6.07) is 0. The van der Waals surface area contributed by atoms with Crippen molar-refractivity contribution in [3.63, 3.8) is 0 Å². The smallest absolute Gasteiger partial charge is 0.175 e. The van der Waals surface area contributed by atoms with E-state index in [1.54, 1.807) is 6.92 Å². The minimum atomic E-state index is -1.59. The van der Waals surface area contributed by atoms with Crippen molar-refractivity contribution < 1.29 is 9.47 Å². The van der Waals surface area contributed by atoms with Crippen LogP contribution >= 0.6 is 92.8 Å². The van der Waals surface area contributed by atoms with E-state index in [-0.39, 0.29) is 40.5 Å². The van der Waals surface area contributed by atoms with Crippen LogP contribution in [0.4, 0.5) is 0 Å². The van der Waals surface area contributed by atoms with Crippen molar-refractivity contribution in [1.29, 1.82) is 0 Å². The summed E-state index contributed by atoms with van der Waals surface area (Å²) >= 11 is 51.4. The van der Waals surface area contributed by atoms with Crippen molar-refractivity contribution >= 4 is 92.8 Å². The summed E-state index contributed by atoms with van der Waals surface area (Å²) in [6.07, 6.45) is -0.702. The van der Waals surface area contributed by atoms with E-state index in [1.165, 1.54) is 0 Å². The molecule has 6 unspecified atom stereocenters. The van der Waals surface area contributed by atoms with Crippen molar-refractivity contribution in [2.75, 3.05) is 13.2 Å². The first-order valence-corrected chi connectivity index (χ1v) is 9.98. The molecule has 23 heavy (non-hydrogen) atoms. The van der Waals surface area contributed by atoms with Gasteiger partial charge in [0, 0.05) is 11.8 Å². The Labute approximate surface area is 174 Å². The van der Waals surface area contributed by atoms with E-state index >= 15 is 0 Å². The van der Waals surface area contributed by atoms with E-state index in [9.17, 15) is 0 Å². The van der Waals surface area contributed by atoms with E-state index < -0.39 is 25.7 Å². The molecule has 2 nitrogen and oxygen atoms in total. The summed E-state index contributed by atoms with van der Waals surface area (Å²) in [5.41, 5.74) is 0. The van der Waals surface area contributed by atoms with Gasteiger partial charge in [0.15, 0.2) is 10.6 Å². The Balaban J connectivity index is 1.97. The van der Waals surface area contributed by atoms with Crippen molar-refractivity contribution in [3.8, 4) is 0 Å². The van der Waals surface area contributed by atoms with Gasteiger partial charge in [-0.15, -0.1) is 46.4 Å².